The SMILES string of the molecule is COc1ccc2oc(CNC(C)C)c(CC(C)C)c2c1. The lowest BCUT2D eigenvalue weighted by Crippen LogP contribution is -2.22. The molecule has 3 heteroatoms. The maximum Gasteiger partial charge on any atom is 0.134 e. The number of methoxy groups -OCH3 is 1. The highest BCUT2D eigenvalue weighted by molar-refractivity contribution is 5.83. The zero-order valence-electron chi connectivity index (χ0n) is 13.1. The van der Waals surface area contributed by atoms with Gasteiger partial charge in [-0.15, -0.1) is 0 Å². The summed E-state index contributed by atoms with van der Waals surface area (Å²) in [5.74, 6) is 2.53. The van der Waals surface area contributed by atoms with Gasteiger partial charge in [0.1, 0.15) is 17.1 Å². The van der Waals surface area contributed by atoms with Crippen LogP contribution >= 0.6 is 0 Å². The Morgan fingerprint density at radius 2 is 1.95 bits per heavy atom. The summed E-state index contributed by atoms with van der Waals surface area (Å²) in [4.78, 5) is 0. The molecule has 0 radical (unpaired) electrons. The predicted molar refractivity (Wildman–Crippen MR) is 83.3 cm³/mol. The zero-order chi connectivity index (χ0) is 14.7. The lowest BCUT2D eigenvalue weighted by atomic mass is 9.99. The van der Waals surface area contributed by atoms with Gasteiger partial charge in [-0.25, -0.2) is 0 Å². The second-order valence-corrected chi connectivity index (χ2v) is 6.00. The summed E-state index contributed by atoms with van der Waals surface area (Å²) in [6.07, 6.45) is 1.02. The van der Waals surface area contributed by atoms with E-state index in [1.165, 1.54) is 10.9 Å². The summed E-state index contributed by atoms with van der Waals surface area (Å²) < 4.78 is 11.4. The molecule has 0 saturated heterocycles. The monoisotopic (exact) mass is 275 g/mol. The van der Waals surface area contributed by atoms with Gasteiger partial charge in [0.2, 0.25) is 0 Å². The largest absolute Gasteiger partial charge is 0.497 e. The molecule has 1 N–H and O–H groups in total. The fraction of sp³-hybridized carbons (Fsp3) is 0.529. The van der Waals surface area contributed by atoms with Crippen molar-refractivity contribution >= 4 is 11.0 Å². The van der Waals surface area contributed by atoms with E-state index >= 15 is 0 Å². The molecule has 0 aliphatic rings. The van der Waals surface area contributed by atoms with Gasteiger partial charge in [0.15, 0.2) is 0 Å². The second kappa shape index (κ2) is 6.31. The first-order chi connectivity index (χ1) is 9.51. The average molecular weight is 275 g/mol. The molecular formula is C17H25NO2. The molecule has 110 valence electrons. The molecule has 0 amide bonds. The highest BCUT2D eigenvalue weighted by Crippen LogP contribution is 2.31. The Balaban J connectivity index is 2.43. The van der Waals surface area contributed by atoms with E-state index in [1.54, 1.807) is 7.11 Å². The van der Waals surface area contributed by atoms with Crippen molar-refractivity contribution in [3.63, 3.8) is 0 Å². The first-order valence-electron chi connectivity index (χ1n) is 7.33. The van der Waals surface area contributed by atoms with E-state index in [-0.39, 0.29) is 0 Å². The van der Waals surface area contributed by atoms with Gasteiger partial charge in [-0.2, -0.15) is 0 Å². The molecule has 0 saturated carbocycles. The van der Waals surface area contributed by atoms with Crippen LogP contribution in [0.4, 0.5) is 0 Å². The van der Waals surface area contributed by atoms with Gasteiger partial charge in [0.25, 0.3) is 0 Å². The molecule has 20 heavy (non-hydrogen) atoms. The summed E-state index contributed by atoms with van der Waals surface area (Å²) in [6.45, 7) is 9.54. The molecule has 1 aromatic carbocycles. The number of hydrogen-bond donors (Lipinski definition) is 1. The molecule has 2 aromatic rings. The van der Waals surface area contributed by atoms with E-state index in [0.29, 0.717) is 12.0 Å². The Morgan fingerprint density at radius 1 is 1.20 bits per heavy atom. The maximum atomic E-state index is 6.03. The fourth-order valence-electron chi connectivity index (χ4n) is 2.38. The Labute approximate surface area is 121 Å². The molecule has 2 rings (SSSR count). The maximum absolute atomic E-state index is 6.03. The number of furan rings is 1. The molecule has 3 nitrogen and oxygen atoms in total. The zero-order valence-corrected chi connectivity index (χ0v) is 13.1. The predicted octanol–water partition coefficient (Wildman–Crippen LogP) is 4.14. The van der Waals surface area contributed by atoms with Crippen molar-refractivity contribution in [3.05, 3.63) is 29.5 Å². The summed E-state index contributed by atoms with van der Waals surface area (Å²) >= 11 is 0. The minimum atomic E-state index is 0.449. The van der Waals surface area contributed by atoms with Crippen LogP contribution in [0.1, 0.15) is 39.0 Å². The van der Waals surface area contributed by atoms with Crippen molar-refractivity contribution in [2.24, 2.45) is 5.92 Å². The number of rotatable bonds is 6. The average Bonchev–Trinajstić information content (AvgIpc) is 2.73. The third kappa shape index (κ3) is 3.34. The number of ether oxygens (including phenoxy) is 1. The first-order valence-corrected chi connectivity index (χ1v) is 7.33. The van der Waals surface area contributed by atoms with Crippen molar-refractivity contribution in [3.8, 4) is 5.75 Å². The van der Waals surface area contributed by atoms with E-state index in [9.17, 15) is 0 Å². The summed E-state index contributed by atoms with van der Waals surface area (Å²) in [5.41, 5.74) is 2.25. The van der Waals surface area contributed by atoms with Crippen molar-refractivity contribution in [2.45, 2.75) is 46.7 Å². The van der Waals surface area contributed by atoms with Crippen LogP contribution in [0.25, 0.3) is 11.0 Å². The lowest BCUT2D eigenvalue weighted by Gasteiger charge is -2.09. The van der Waals surface area contributed by atoms with Crippen molar-refractivity contribution in [2.75, 3.05) is 7.11 Å². The third-order valence-electron chi connectivity index (χ3n) is 3.36. The standard InChI is InChI=1S/C17H25NO2/c1-11(2)8-14-15-9-13(19-5)6-7-16(15)20-17(14)10-18-12(3)4/h6-7,9,11-12,18H,8,10H2,1-5H3. The number of hydrogen-bond acceptors (Lipinski definition) is 3. The Morgan fingerprint density at radius 3 is 2.55 bits per heavy atom. The van der Waals surface area contributed by atoms with Gasteiger partial charge >= 0.3 is 0 Å². The third-order valence-corrected chi connectivity index (χ3v) is 3.36. The van der Waals surface area contributed by atoms with Crippen molar-refractivity contribution in [1.82, 2.24) is 5.32 Å². The Bertz CT molecular complexity index is 570. The number of fused-ring (bicyclic) bond motifs is 1. The topological polar surface area (TPSA) is 34.4 Å². The quantitative estimate of drug-likeness (QED) is 0.860. The van der Waals surface area contributed by atoms with Gasteiger partial charge in [-0.3, -0.25) is 0 Å². The summed E-state index contributed by atoms with van der Waals surface area (Å²) in [6, 6.07) is 6.47. The van der Waals surface area contributed by atoms with Crippen LogP contribution in [0.5, 0.6) is 5.75 Å². The molecule has 1 heterocycles. The van der Waals surface area contributed by atoms with E-state index in [4.69, 9.17) is 9.15 Å². The molecule has 0 fully saturated rings. The van der Waals surface area contributed by atoms with Gasteiger partial charge in [-0.05, 0) is 30.5 Å². The Hall–Kier alpha value is -1.48. The van der Waals surface area contributed by atoms with Gasteiger partial charge < -0.3 is 14.5 Å². The van der Waals surface area contributed by atoms with E-state index < -0.39 is 0 Å². The van der Waals surface area contributed by atoms with Gasteiger partial charge in [-0.1, -0.05) is 27.7 Å². The highest BCUT2D eigenvalue weighted by Gasteiger charge is 2.16. The molecular weight excluding hydrogens is 250 g/mol. The molecule has 0 aliphatic heterocycles. The summed E-state index contributed by atoms with van der Waals surface area (Å²) in [7, 11) is 1.70. The molecule has 0 bridgehead atoms. The van der Waals surface area contributed by atoms with Crippen molar-refractivity contribution < 1.29 is 9.15 Å². The summed E-state index contributed by atoms with van der Waals surface area (Å²) in [5, 5.41) is 4.62. The van der Waals surface area contributed by atoms with Gasteiger partial charge in [0.05, 0.1) is 13.7 Å². The van der Waals surface area contributed by atoms with Crippen LogP contribution < -0.4 is 10.1 Å². The minimum Gasteiger partial charge on any atom is -0.497 e. The molecule has 0 atom stereocenters. The molecule has 1 aromatic heterocycles. The van der Waals surface area contributed by atoms with Crippen LogP contribution in [0.3, 0.4) is 0 Å². The normalized spacial score (nSPS) is 11.8. The van der Waals surface area contributed by atoms with Crippen LogP contribution in [-0.2, 0) is 13.0 Å². The minimum absolute atomic E-state index is 0.449. The lowest BCUT2D eigenvalue weighted by molar-refractivity contribution is 0.415. The van der Waals surface area contributed by atoms with Crippen molar-refractivity contribution in [1.29, 1.82) is 0 Å². The van der Waals surface area contributed by atoms with Crippen LogP contribution in [0.15, 0.2) is 22.6 Å². The fourth-order valence-corrected chi connectivity index (χ4v) is 2.38. The highest BCUT2D eigenvalue weighted by atomic mass is 16.5. The molecule has 0 unspecified atom stereocenters. The van der Waals surface area contributed by atoms with E-state index in [1.807, 2.05) is 12.1 Å². The Kier molecular flexibility index (Phi) is 4.71. The van der Waals surface area contributed by atoms with E-state index in [2.05, 4.69) is 39.1 Å². The van der Waals surface area contributed by atoms with Crippen LogP contribution in [-0.4, -0.2) is 13.2 Å². The molecule has 0 aliphatic carbocycles. The van der Waals surface area contributed by atoms with Crippen LogP contribution in [0.2, 0.25) is 0 Å². The van der Waals surface area contributed by atoms with Gasteiger partial charge in [0, 0.05) is 17.0 Å². The first kappa shape index (κ1) is 14.9. The number of benzene rings is 1. The van der Waals surface area contributed by atoms with E-state index in [0.717, 1.165) is 30.1 Å². The molecule has 0 spiro atoms. The van der Waals surface area contributed by atoms with Crippen LogP contribution in [0, 0.1) is 5.92 Å². The smallest absolute Gasteiger partial charge is 0.134 e. The second-order valence-electron chi connectivity index (χ2n) is 6.00. The number of nitrogens with one attached hydrogen (secondary N) is 1.